The molecule has 4 aromatic rings. The zero-order valence-corrected chi connectivity index (χ0v) is 18.9. The van der Waals surface area contributed by atoms with Crippen LogP contribution in [0.15, 0.2) is 65.1 Å². The molecule has 2 aromatic carbocycles. The number of fused-ring (bicyclic) bond motifs is 2. The van der Waals surface area contributed by atoms with E-state index in [2.05, 4.69) is 8.75 Å². The summed E-state index contributed by atoms with van der Waals surface area (Å²) < 4.78 is 25.5. The van der Waals surface area contributed by atoms with E-state index in [9.17, 15) is 9.90 Å². The molecule has 9 heteroatoms. The van der Waals surface area contributed by atoms with Crippen LogP contribution in [0.1, 0.15) is 16.0 Å². The number of rotatable bonds is 5. The number of aliphatic hydroxyl groups is 1. The van der Waals surface area contributed by atoms with Crippen molar-refractivity contribution in [3.63, 3.8) is 0 Å². The van der Waals surface area contributed by atoms with Gasteiger partial charge < -0.3 is 19.3 Å². The Morgan fingerprint density at radius 3 is 2.67 bits per heavy atom. The molecule has 0 saturated heterocycles. The Hall–Kier alpha value is -3.27. The van der Waals surface area contributed by atoms with Crippen LogP contribution in [0.5, 0.6) is 11.5 Å². The standard InChI is InChI=1S/C24H18N2O5S2/c27-23-17(13-16-2-1-9-32-16)18(10-14-3-5-19-20(11-14)26-33-25-19)24(28,31-23)15-4-6-21-22(12-15)30-8-7-29-21/h1-6,9,11-12,28H,7-8,10,13H2. The van der Waals surface area contributed by atoms with Crippen LogP contribution >= 0.6 is 23.1 Å². The second-order valence-electron chi connectivity index (χ2n) is 7.87. The molecular weight excluding hydrogens is 460 g/mol. The van der Waals surface area contributed by atoms with Crippen LogP contribution in [-0.2, 0) is 28.2 Å². The predicted octanol–water partition coefficient (Wildman–Crippen LogP) is 4.01. The Kier molecular flexibility index (Phi) is 4.90. The molecule has 4 heterocycles. The van der Waals surface area contributed by atoms with Gasteiger partial charge in [0.25, 0.3) is 5.79 Å². The summed E-state index contributed by atoms with van der Waals surface area (Å²) in [5.41, 5.74) is 3.91. The summed E-state index contributed by atoms with van der Waals surface area (Å²) >= 11 is 2.71. The van der Waals surface area contributed by atoms with Crippen molar-refractivity contribution in [2.45, 2.75) is 18.6 Å². The van der Waals surface area contributed by atoms with Gasteiger partial charge in [0.05, 0.1) is 11.7 Å². The van der Waals surface area contributed by atoms with Gasteiger partial charge in [-0.15, -0.1) is 11.3 Å². The second kappa shape index (κ2) is 7.95. The van der Waals surface area contributed by atoms with Gasteiger partial charge in [0.1, 0.15) is 24.2 Å². The van der Waals surface area contributed by atoms with E-state index in [1.54, 1.807) is 29.5 Å². The lowest BCUT2D eigenvalue weighted by Gasteiger charge is -2.27. The number of benzene rings is 2. The van der Waals surface area contributed by atoms with Crippen LogP contribution < -0.4 is 9.47 Å². The van der Waals surface area contributed by atoms with Crippen molar-refractivity contribution < 1.29 is 24.1 Å². The first-order chi connectivity index (χ1) is 16.1. The topological polar surface area (TPSA) is 90.8 Å². The summed E-state index contributed by atoms with van der Waals surface area (Å²) in [4.78, 5) is 14.1. The number of esters is 1. The average Bonchev–Trinajstić information content (AvgIpc) is 3.56. The van der Waals surface area contributed by atoms with E-state index in [-0.39, 0.29) is 0 Å². The highest BCUT2D eigenvalue weighted by molar-refractivity contribution is 7.09. The van der Waals surface area contributed by atoms with Crippen LogP contribution in [-0.4, -0.2) is 33.0 Å². The molecule has 33 heavy (non-hydrogen) atoms. The van der Waals surface area contributed by atoms with E-state index in [0.29, 0.717) is 54.3 Å². The molecule has 1 atom stereocenters. The third-order valence-electron chi connectivity index (χ3n) is 5.82. The summed E-state index contributed by atoms with van der Waals surface area (Å²) in [5.74, 6) is -1.31. The average molecular weight is 479 g/mol. The molecule has 0 spiro atoms. The summed E-state index contributed by atoms with van der Waals surface area (Å²) in [6, 6.07) is 14.8. The Morgan fingerprint density at radius 2 is 1.82 bits per heavy atom. The quantitative estimate of drug-likeness (QED) is 0.434. The van der Waals surface area contributed by atoms with E-state index in [4.69, 9.17) is 14.2 Å². The fourth-order valence-electron chi connectivity index (χ4n) is 4.21. The third-order valence-corrected chi connectivity index (χ3v) is 7.26. The van der Waals surface area contributed by atoms with Gasteiger partial charge in [0.2, 0.25) is 0 Å². The molecule has 0 fully saturated rings. The van der Waals surface area contributed by atoms with Crippen molar-refractivity contribution in [1.29, 1.82) is 0 Å². The normalized spacial score (nSPS) is 19.8. The van der Waals surface area contributed by atoms with E-state index in [0.717, 1.165) is 33.2 Å². The van der Waals surface area contributed by atoms with Gasteiger partial charge in [0, 0.05) is 34.4 Å². The third kappa shape index (κ3) is 3.58. The zero-order chi connectivity index (χ0) is 22.4. The van der Waals surface area contributed by atoms with Gasteiger partial charge in [-0.05, 0) is 47.3 Å². The molecule has 1 unspecified atom stereocenters. The van der Waals surface area contributed by atoms with Crippen LogP contribution in [0, 0.1) is 0 Å². The molecule has 7 nitrogen and oxygen atoms in total. The van der Waals surface area contributed by atoms with Crippen molar-refractivity contribution in [2.24, 2.45) is 0 Å². The van der Waals surface area contributed by atoms with Gasteiger partial charge in [0.15, 0.2) is 11.5 Å². The minimum Gasteiger partial charge on any atom is -0.486 e. The van der Waals surface area contributed by atoms with E-state index in [1.807, 2.05) is 35.7 Å². The maximum absolute atomic E-state index is 13.0. The van der Waals surface area contributed by atoms with E-state index >= 15 is 0 Å². The van der Waals surface area contributed by atoms with Crippen LogP contribution in [0.25, 0.3) is 11.0 Å². The maximum atomic E-state index is 13.0. The number of carbonyl (C=O) groups is 1. The number of aromatic nitrogens is 2. The maximum Gasteiger partial charge on any atom is 0.337 e. The summed E-state index contributed by atoms with van der Waals surface area (Å²) in [7, 11) is 0. The minimum atomic E-state index is -1.91. The first kappa shape index (κ1) is 20.3. The van der Waals surface area contributed by atoms with Gasteiger partial charge in [-0.3, -0.25) is 0 Å². The molecule has 0 saturated carbocycles. The Labute approximate surface area is 197 Å². The molecule has 1 N–H and O–H groups in total. The number of thiophene rings is 1. The highest BCUT2D eigenvalue weighted by Crippen LogP contribution is 2.45. The SMILES string of the molecule is O=C1OC(O)(c2ccc3c(c2)OCCO3)C(Cc2ccc3nsnc3c2)=C1Cc1cccs1. The van der Waals surface area contributed by atoms with Gasteiger partial charge >= 0.3 is 5.97 Å². The predicted molar refractivity (Wildman–Crippen MR) is 124 cm³/mol. The minimum absolute atomic E-state index is 0.324. The number of hydrogen-bond acceptors (Lipinski definition) is 9. The summed E-state index contributed by atoms with van der Waals surface area (Å²) in [5, 5.41) is 13.8. The first-order valence-electron chi connectivity index (χ1n) is 10.4. The lowest BCUT2D eigenvalue weighted by Crippen LogP contribution is -2.30. The molecule has 0 amide bonds. The van der Waals surface area contributed by atoms with Crippen molar-refractivity contribution in [1.82, 2.24) is 8.75 Å². The fraction of sp³-hybridized carbons (Fsp3) is 0.208. The molecule has 2 aromatic heterocycles. The van der Waals surface area contributed by atoms with Crippen LogP contribution in [0.3, 0.4) is 0 Å². The monoisotopic (exact) mass is 478 g/mol. The van der Waals surface area contributed by atoms with Gasteiger partial charge in [-0.2, -0.15) is 8.75 Å². The van der Waals surface area contributed by atoms with Crippen LogP contribution in [0.2, 0.25) is 0 Å². The molecule has 0 aliphatic carbocycles. The van der Waals surface area contributed by atoms with Crippen LogP contribution in [0.4, 0.5) is 0 Å². The molecule has 2 aliphatic heterocycles. The molecule has 0 bridgehead atoms. The van der Waals surface area contributed by atoms with Crippen molar-refractivity contribution in [3.05, 3.63) is 81.1 Å². The molecule has 2 aliphatic rings. The largest absolute Gasteiger partial charge is 0.486 e. The lowest BCUT2D eigenvalue weighted by molar-refractivity contribution is -0.186. The Morgan fingerprint density at radius 1 is 0.970 bits per heavy atom. The van der Waals surface area contributed by atoms with Crippen molar-refractivity contribution in [2.75, 3.05) is 13.2 Å². The highest BCUT2D eigenvalue weighted by atomic mass is 32.1. The fourth-order valence-corrected chi connectivity index (χ4v) is 5.44. The number of ether oxygens (including phenoxy) is 3. The Bertz CT molecular complexity index is 1400. The molecule has 0 radical (unpaired) electrons. The van der Waals surface area contributed by atoms with E-state index < -0.39 is 11.8 Å². The zero-order valence-electron chi connectivity index (χ0n) is 17.3. The first-order valence-corrected chi connectivity index (χ1v) is 12.0. The smallest absolute Gasteiger partial charge is 0.337 e. The van der Waals surface area contributed by atoms with E-state index in [1.165, 1.54) is 0 Å². The number of nitrogens with zero attached hydrogens (tertiary/aromatic N) is 2. The van der Waals surface area contributed by atoms with Crippen molar-refractivity contribution >= 4 is 40.1 Å². The summed E-state index contributed by atoms with van der Waals surface area (Å²) in [6.45, 7) is 0.887. The molecule has 6 rings (SSSR count). The summed E-state index contributed by atoms with van der Waals surface area (Å²) in [6.07, 6.45) is 0.712. The second-order valence-corrected chi connectivity index (χ2v) is 9.43. The number of hydrogen-bond donors (Lipinski definition) is 1. The van der Waals surface area contributed by atoms with Crippen molar-refractivity contribution in [3.8, 4) is 11.5 Å². The lowest BCUT2D eigenvalue weighted by atomic mass is 9.89. The number of cyclic esters (lactones) is 1. The Balaban J connectivity index is 1.46. The molecular formula is C24H18N2O5S2. The highest BCUT2D eigenvalue weighted by Gasteiger charge is 2.48. The molecule has 166 valence electrons. The number of carbonyl (C=O) groups excluding carboxylic acids is 1. The van der Waals surface area contributed by atoms with Gasteiger partial charge in [-0.1, -0.05) is 12.1 Å². The van der Waals surface area contributed by atoms with Gasteiger partial charge in [-0.25, -0.2) is 4.79 Å².